The van der Waals surface area contributed by atoms with Crippen LogP contribution >= 0.6 is 0 Å². The molecule has 0 aliphatic rings. The Hall–Kier alpha value is -4.35. The van der Waals surface area contributed by atoms with Crippen molar-refractivity contribution in [3.05, 3.63) is 115 Å². The molecule has 5 aromatic carbocycles. The van der Waals surface area contributed by atoms with E-state index in [9.17, 15) is 0 Å². The molecule has 0 saturated heterocycles. The Labute approximate surface area is 187 Å². The first-order valence-corrected chi connectivity index (χ1v) is 10.7. The van der Waals surface area contributed by atoms with Crippen LogP contribution in [0.5, 0.6) is 0 Å². The van der Waals surface area contributed by atoms with Crippen molar-refractivity contribution in [2.45, 2.75) is 6.92 Å². The number of nitrogens with zero attached hydrogens (tertiary/aromatic N) is 1. The Morgan fingerprint density at radius 2 is 1.38 bits per heavy atom. The summed E-state index contributed by atoms with van der Waals surface area (Å²) in [5.41, 5.74) is 4.54. The summed E-state index contributed by atoms with van der Waals surface area (Å²) in [6.45, 7) is 2.00. The molecule has 5 rings (SSSR count). The number of nitrogens with one attached hydrogen (secondary N) is 1. The molecular weight excluding hydrogens is 388 g/mol. The summed E-state index contributed by atoms with van der Waals surface area (Å²) in [4.78, 5) is 0. The molecule has 0 aliphatic heterocycles. The van der Waals surface area contributed by atoms with Crippen LogP contribution in [0.4, 0.5) is 0 Å². The van der Waals surface area contributed by atoms with Crippen molar-refractivity contribution < 1.29 is 0 Å². The molecule has 0 bridgehead atoms. The zero-order chi connectivity index (χ0) is 21.9. The predicted molar refractivity (Wildman–Crippen MR) is 136 cm³/mol. The first kappa shape index (κ1) is 19.6. The highest BCUT2D eigenvalue weighted by atomic mass is 14.8. The van der Waals surface area contributed by atoms with Crippen molar-refractivity contribution >= 4 is 37.9 Å². The minimum Gasteiger partial charge on any atom is -0.299 e. The monoisotopic (exact) mass is 410 g/mol. The van der Waals surface area contributed by atoms with E-state index in [1.807, 2.05) is 19.2 Å². The Balaban J connectivity index is 2.04. The lowest BCUT2D eigenvalue weighted by molar-refractivity contribution is 1.20. The van der Waals surface area contributed by atoms with E-state index in [0.29, 0.717) is 0 Å². The van der Waals surface area contributed by atoms with Crippen molar-refractivity contribution in [2.24, 2.45) is 0 Å². The Morgan fingerprint density at radius 1 is 0.750 bits per heavy atom. The first-order chi connectivity index (χ1) is 15.8. The van der Waals surface area contributed by atoms with Crippen LogP contribution in [0, 0.1) is 11.5 Å². The van der Waals surface area contributed by atoms with Crippen LogP contribution < -0.4 is 5.32 Å². The minimum atomic E-state index is 0.977. The van der Waals surface area contributed by atoms with Crippen molar-refractivity contribution in [1.29, 1.82) is 5.26 Å². The fourth-order valence-electron chi connectivity index (χ4n) is 4.58. The largest absolute Gasteiger partial charge is 0.299 e. The second kappa shape index (κ2) is 8.41. The van der Waals surface area contributed by atoms with Gasteiger partial charge in [0.2, 0.25) is 0 Å². The average molecular weight is 411 g/mol. The summed E-state index contributed by atoms with van der Waals surface area (Å²) in [6, 6.07) is 32.2. The van der Waals surface area contributed by atoms with Gasteiger partial charge < -0.3 is 0 Å². The number of rotatable bonds is 4. The van der Waals surface area contributed by atoms with Crippen LogP contribution in [0.1, 0.15) is 12.5 Å². The first-order valence-electron chi connectivity index (χ1n) is 10.7. The van der Waals surface area contributed by atoms with Gasteiger partial charge in [0.05, 0.1) is 0 Å². The van der Waals surface area contributed by atoms with Gasteiger partial charge in [0, 0.05) is 6.20 Å². The summed E-state index contributed by atoms with van der Waals surface area (Å²) >= 11 is 0. The molecule has 0 aliphatic carbocycles. The second-order valence-corrected chi connectivity index (χ2v) is 7.76. The fraction of sp³-hybridized carbons (Fsp3) is 0.0333. The Morgan fingerprint density at radius 3 is 2.06 bits per heavy atom. The molecule has 2 nitrogen and oxygen atoms in total. The number of hydrogen-bond donors (Lipinski definition) is 1. The molecule has 0 amide bonds. The molecule has 1 N–H and O–H groups in total. The highest BCUT2D eigenvalue weighted by molar-refractivity contribution is 6.21. The van der Waals surface area contributed by atoms with Crippen LogP contribution in [0.15, 0.2) is 109 Å². The van der Waals surface area contributed by atoms with Crippen molar-refractivity contribution in [3.8, 4) is 17.3 Å². The van der Waals surface area contributed by atoms with Crippen LogP contribution in [0.2, 0.25) is 0 Å². The van der Waals surface area contributed by atoms with Gasteiger partial charge in [-0.3, -0.25) is 5.32 Å². The summed E-state index contributed by atoms with van der Waals surface area (Å²) in [5, 5.41) is 19.0. The van der Waals surface area contributed by atoms with E-state index >= 15 is 0 Å². The van der Waals surface area contributed by atoms with Gasteiger partial charge in [0.25, 0.3) is 0 Å². The number of nitriles is 1. The topological polar surface area (TPSA) is 35.8 Å². The highest BCUT2D eigenvalue weighted by Gasteiger charge is 2.17. The van der Waals surface area contributed by atoms with Gasteiger partial charge in [-0.1, -0.05) is 91.0 Å². The third-order valence-corrected chi connectivity index (χ3v) is 5.88. The number of benzene rings is 5. The quantitative estimate of drug-likeness (QED) is 0.142. The van der Waals surface area contributed by atoms with Gasteiger partial charge in [-0.15, -0.1) is 0 Å². The smallest absolute Gasteiger partial charge is 0.180 e. The maximum absolute atomic E-state index is 9.16. The molecular formula is C30H22N2. The SMILES string of the molecule is C/C=C\C(=C/NC#N)c1c2ccccc2c(-c2ccccc2)c2cc3ccccc3cc12. The van der Waals surface area contributed by atoms with Gasteiger partial charge in [-0.05, 0) is 73.6 Å². The summed E-state index contributed by atoms with van der Waals surface area (Å²) in [6.07, 6.45) is 7.89. The zero-order valence-electron chi connectivity index (χ0n) is 17.8. The van der Waals surface area contributed by atoms with Crippen molar-refractivity contribution in [2.75, 3.05) is 0 Å². The van der Waals surface area contributed by atoms with Crippen molar-refractivity contribution in [1.82, 2.24) is 5.32 Å². The summed E-state index contributed by atoms with van der Waals surface area (Å²) in [5.74, 6) is 0. The third kappa shape index (κ3) is 3.31. The molecule has 5 aromatic rings. The normalized spacial score (nSPS) is 11.9. The van der Waals surface area contributed by atoms with E-state index in [2.05, 4.69) is 102 Å². The molecule has 0 unspecified atom stereocenters. The lowest BCUT2D eigenvalue weighted by Crippen LogP contribution is -1.98. The Kier molecular flexibility index (Phi) is 5.15. The lowest BCUT2D eigenvalue weighted by atomic mass is 9.85. The number of hydrogen-bond acceptors (Lipinski definition) is 2. The van der Waals surface area contributed by atoms with Gasteiger partial charge in [0.1, 0.15) is 0 Å². The van der Waals surface area contributed by atoms with E-state index in [-0.39, 0.29) is 0 Å². The number of fused-ring (bicyclic) bond motifs is 3. The molecule has 0 heterocycles. The second-order valence-electron chi connectivity index (χ2n) is 7.76. The molecule has 32 heavy (non-hydrogen) atoms. The van der Waals surface area contributed by atoms with Crippen LogP contribution in [0.25, 0.3) is 49.0 Å². The molecule has 0 aromatic heterocycles. The maximum Gasteiger partial charge on any atom is 0.180 e. The minimum absolute atomic E-state index is 0.977. The molecule has 0 fully saturated rings. The zero-order valence-corrected chi connectivity index (χ0v) is 17.8. The highest BCUT2D eigenvalue weighted by Crippen LogP contribution is 2.43. The van der Waals surface area contributed by atoms with E-state index in [1.54, 1.807) is 6.20 Å². The number of allylic oxidation sites excluding steroid dienone is 3. The van der Waals surface area contributed by atoms with Crippen LogP contribution in [-0.2, 0) is 0 Å². The standard InChI is InChI=1S/C30H22N2/c1-2-10-24(19-32-20-31)30-26-16-9-8-15-25(26)29(21-11-4-3-5-12-21)27-17-22-13-6-7-14-23(22)18-28(27)30/h2-19,32H,1H3/b10-2-,24-19+. The Bertz CT molecular complexity index is 1550. The molecule has 0 spiro atoms. The molecule has 152 valence electrons. The molecule has 2 heteroatoms. The summed E-state index contributed by atoms with van der Waals surface area (Å²) in [7, 11) is 0. The lowest BCUT2D eigenvalue weighted by Gasteiger charge is -2.19. The maximum atomic E-state index is 9.16. The van der Waals surface area contributed by atoms with E-state index in [4.69, 9.17) is 5.26 Å². The van der Waals surface area contributed by atoms with Gasteiger partial charge >= 0.3 is 0 Å². The van der Waals surface area contributed by atoms with Gasteiger partial charge in [-0.25, -0.2) is 0 Å². The van der Waals surface area contributed by atoms with Gasteiger partial charge in [-0.2, -0.15) is 5.26 Å². The van der Waals surface area contributed by atoms with Crippen molar-refractivity contribution in [3.63, 3.8) is 0 Å². The van der Waals surface area contributed by atoms with E-state index in [1.165, 1.54) is 43.4 Å². The third-order valence-electron chi connectivity index (χ3n) is 5.88. The molecule has 0 atom stereocenters. The van der Waals surface area contributed by atoms with Gasteiger partial charge in [0.15, 0.2) is 6.19 Å². The fourth-order valence-corrected chi connectivity index (χ4v) is 4.58. The summed E-state index contributed by atoms with van der Waals surface area (Å²) < 4.78 is 0. The van der Waals surface area contributed by atoms with E-state index in [0.717, 1.165) is 11.1 Å². The van der Waals surface area contributed by atoms with Crippen LogP contribution in [-0.4, -0.2) is 0 Å². The van der Waals surface area contributed by atoms with Crippen LogP contribution in [0.3, 0.4) is 0 Å². The van der Waals surface area contributed by atoms with E-state index < -0.39 is 0 Å². The molecule has 0 radical (unpaired) electrons. The predicted octanol–water partition coefficient (Wildman–Crippen LogP) is 7.80. The molecule has 0 saturated carbocycles. The average Bonchev–Trinajstić information content (AvgIpc) is 2.84.